The molecule has 0 aromatic carbocycles. The van der Waals surface area contributed by atoms with Gasteiger partial charge in [0.1, 0.15) is 0 Å². The summed E-state index contributed by atoms with van der Waals surface area (Å²) in [6, 6.07) is 0.385. The molecule has 0 aliphatic rings. The van der Waals surface area contributed by atoms with Crippen LogP contribution >= 0.6 is 0 Å². The normalized spacial score (nSPS) is 13.6. The van der Waals surface area contributed by atoms with Crippen molar-refractivity contribution < 1.29 is 0 Å². The predicted octanol–water partition coefficient (Wildman–Crippen LogP) is 6.84. The molecule has 0 aromatic heterocycles. The molecule has 1 unspecified atom stereocenters. The number of hydrogen-bond donors (Lipinski definition) is 1. The van der Waals surface area contributed by atoms with Gasteiger partial charge in [0.05, 0.1) is 0 Å². The maximum atomic E-state index is 6.36. The maximum Gasteiger partial charge on any atom is 0.00902 e. The van der Waals surface area contributed by atoms with Crippen molar-refractivity contribution in [3.63, 3.8) is 0 Å². The van der Waals surface area contributed by atoms with Crippen LogP contribution in [0, 0.1) is 5.41 Å². The molecule has 0 aliphatic heterocycles. The fraction of sp³-hybridized carbons (Fsp3) is 1.00. The monoisotopic (exact) mass is 297 g/mol. The first-order chi connectivity index (χ1) is 10.0. The minimum absolute atomic E-state index is 0.327. The van der Waals surface area contributed by atoms with E-state index in [1.54, 1.807) is 0 Å². The van der Waals surface area contributed by atoms with Crippen molar-refractivity contribution in [3.8, 4) is 0 Å². The molecule has 0 saturated carbocycles. The zero-order valence-corrected chi connectivity index (χ0v) is 15.6. The lowest BCUT2D eigenvalue weighted by molar-refractivity contribution is 0.244. The topological polar surface area (TPSA) is 26.0 Å². The quantitative estimate of drug-likeness (QED) is 0.329. The van der Waals surface area contributed by atoms with Crippen LogP contribution < -0.4 is 5.73 Å². The molecule has 0 heterocycles. The highest BCUT2D eigenvalue weighted by atomic mass is 14.7. The Hall–Kier alpha value is -0.0400. The molecule has 1 nitrogen and oxygen atoms in total. The summed E-state index contributed by atoms with van der Waals surface area (Å²) in [6.07, 6.45) is 19.3. The average molecular weight is 298 g/mol. The molecule has 2 N–H and O–H groups in total. The van der Waals surface area contributed by atoms with E-state index < -0.39 is 0 Å². The minimum Gasteiger partial charge on any atom is -0.327 e. The fourth-order valence-corrected chi connectivity index (χ4v) is 3.25. The number of rotatable bonds is 15. The first-order valence-electron chi connectivity index (χ1n) is 9.80. The van der Waals surface area contributed by atoms with Crippen LogP contribution in [0.15, 0.2) is 0 Å². The molecule has 1 atom stereocenters. The smallest absolute Gasteiger partial charge is 0.00902 e. The lowest BCUT2D eigenvalue weighted by atomic mass is 9.78. The second-order valence-electron chi connectivity index (χ2n) is 7.67. The standard InChI is InChI=1S/C20H43N/c1-5-7-8-9-10-11-12-13-14-15-16-17-19(21)20(3,4)18-6-2/h19H,5-18,21H2,1-4H3. The highest BCUT2D eigenvalue weighted by molar-refractivity contribution is 4.80. The third-order valence-corrected chi connectivity index (χ3v) is 5.02. The first kappa shape index (κ1) is 21.0. The molecule has 0 rings (SSSR count). The second-order valence-corrected chi connectivity index (χ2v) is 7.67. The van der Waals surface area contributed by atoms with Crippen LogP contribution in [0.5, 0.6) is 0 Å². The van der Waals surface area contributed by atoms with Gasteiger partial charge in [-0.2, -0.15) is 0 Å². The summed E-state index contributed by atoms with van der Waals surface area (Å²) in [7, 11) is 0. The van der Waals surface area contributed by atoms with Gasteiger partial charge in [-0.1, -0.05) is 105 Å². The summed E-state index contributed by atoms with van der Waals surface area (Å²) in [5.41, 5.74) is 6.68. The highest BCUT2D eigenvalue weighted by Gasteiger charge is 2.24. The van der Waals surface area contributed by atoms with E-state index in [9.17, 15) is 0 Å². The van der Waals surface area contributed by atoms with E-state index in [1.165, 1.54) is 89.9 Å². The van der Waals surface area contributed by atoms with E-state index in [0.717, 1.165) is 0 Å². The van der Waals surface area contributed by atoms with E-state index in [1.807, 2.05) is 0 Å². The zero-order valence-electron chi connectivity index (χ0n) is 15.6. The van der Waals surface area contributed by atoms with Gasteiger partial charge < -0.3 is 5.73 Å². The van der Waals surface area contributed by atoms with E-state index in [4.69, 9.17) is 5.73 Å². The van der Waals surface area contributed by atoms with Crippen LogP contribution in [-0.2, 0) is 0 Å². The average Bonchev–Trinajstić information content (AvgIpc) is 2.44. The Balaban J connectivity index is 3.32. The highest BCUT2D eigenvalue weighted by Crippen LogP contribution is 2.28. The number of hydrogen-bond acceptors (Lipinski definition) is 1. The van der Waals surface area contributed by atoms with E-state index in [0.29, 0.717) is 11.5 Å². The van der Waals surface area contributed by atoms with Gasteiger partial charge in [0, 0.05) is 6.04 Å². The Morgan fingerprint density at radius 3 is 1.52 bits per heavy atom. The summed E-state index contributed by atoms with van der Waals surface area (Å²) in [4.78, 5) is 0. The summed E-state index contributed by atoms with van der Waals surface area (Å²) >= 11 is 0. The first-order valence-corrected chi connectivity index (χ1v) is 9.80. The summed E-state index contributed by atoms with van der Waals surface area (Å²) in [6.45, 7) is 9.21. The lowest BCUT2D eigenvalue weighted by Crippen LogP contribution is -2.37. The van der Waals surface area contributed by atoms with Crippen molar-refractivity contribution in [2.45, 2.75) is 124 Å². The van der Waals surface area contributed by atoms with Gasteiger partial charge in [0.2, 0.25) is 0 Å². The Morgan fingerprint density at radius 1 is 0.667 bits per heavy atom. The van der Waals surface area contributed by atoms with Gasteiger partial charge in [0.25, 0.3) is 0 Å². The zero-order chi connectivity index (χ0) is 16.0. The molecule has 0 radical (unpaired) electrons. The van der Waals surface area contributed by atoms with Crippen molar-refractivity contribution in [1.82, 2.24) is 0 Å². The SMILES string of the molecule is CCCCCCCCCCCCCC(N)C(C)(C)CCC. The van der Waals surface area contributed by atoms with Crippen LogP contribution in [0.25, 0.3) is 0 Å². The third kappa shape index (κ3) is 12.2. The Kier molecular flexibility index (Phi) is 13.6. The minimum atomic E-state index is 0.327. The van der Waals surface area contributed by atoms with Gasteiger partial charge in [0.15, 0.2) is 0 Å². The molecule has 0 bridgehead atoms. The van der Waals surface area contributed by atoms with Crippen LogP contribution in [0.4, 0.5) is 0 Å². The molecule has 128 valence electrons. The lowest BCUT2D eigenvalue weighted by Gasteiger charge is -2.31. The second kappa shape index (κ2) is 13.6. The largest absolute Gasteiger partial charge is 0.327 e. The van der Waals surface area contributed by atoms with E-state index >= 15 is 0 Å². The van der Waals surface area contributed by atoms with Gasteiger partial charge in [-0.15, -0.1) is 0 Å². The molecule has 0 saturated heterocycles. The third-order valence-electron chi connectivity index (χ3n) is 5.02. The van der Waals surface area contributed by atoms with Crippen molar-refractivity contribution in [2.75, 3.05) is 0 Å². The van der Waals surface area contributed by atoms with Crippen LogP contribution in [0.2, 0.25) is 0 Å². The predicted molar refractivity (Wildman–Crippen MR) is 97.7 cm³/mol. The summed E-state index contributed by atoms with van der Waals surface area (Å²) in [5, 5.41) is 0. The number of unbranched alkanes of at least 4 members (excludes halogenated alkanes) is 10. The Labute approximate surface area is 135 Å². The van der Waals surface area contributed by atoms with Crippen molar-refractivity contribution in [2.24, 2.45) is 11.1 Å². The summed E-state index contributed by atoms with van der Waals surface area (Å²) < 4.78 is 0. The number of nitrogens with two attached hydrogens (primary N) is 1. The molecule has 0 aromatic rings. The molecule has 1 heteroatoms. The maximum absolute atomic E-state index is 6.36. The van der Waals surface area contributed by atoms with Crippen molar-refractivity contribution in [1.29, 1.82) is 0 Å². The van der Waals surface area contributed by atoms with Crippen LogP contribution in [0.3, 0.4) is 0 Å². The molecule has 0 aliphatic carbocycles. The van der Waals surface area contributed by atoms with Crippen molar-refractivity contribution >= 4 is 0 Å². The molecule has 0 amide bonds. The fourth-order valence-electron chi connectivity index (χ4n) is 3.25. The van der Waals surface area contributed by atoms with Crippen LogP contribution in [-0.4, -0.2) is 6.04 Å². The van der Waals surface area contributed by atoms with Gasteiger partial charge in [-0.3, -0.25) is 0 Å². The molecule has 0 spiro atoms. The van der Waals surface area contributed by atoms with Crippen molar-refractivity contribution in [3.05, 3.63) is 0 Å². The molecule has 0 fully saturated rings. The summed E-state index contributed by atoms with van der Waals surface area (Å²) in [5.74, 6) is 0. The van der Waals surface area contributed by atoms with E-state index in [-0.39, 0.29) is 0 Å². The molecular weight excluding hydrogens is 254 g/mol. The van der Waals surface area contributed by atoms with Gasteiger partial charge in [-0.05, 0) is 18.3 Å². The van der Waals surface area contributed by atoms with Crippen LogP contribution in [0.1, 0.15) is 118 Å². The molecular formula is C20H43N. The van der Waals surface area contributed by atoms with Gasteiger partial charge in [-0.25, -0.2) is 0 Å². The molecule has 21 heavy (non-hydrogen) atoms. The Bertz CT molecular complexity index is 210. The Morgan fingerprint density at radius 2 is 1.10 bits per heavy atom. The van der Waals surface area contributed by atoms with Gasteiger partial charge >= 0.3 is 0 Å². The van der Waals surface area contributed by atoms with E-state index in [2.05, 4.69) is 27.7 Å².